The van der Waals surface area contributed by atoms with Crippen molar-refractivity contribution >= 4 is 27.8 Å². The first-order valence-electron chi connectivity index (χ1n) is 8.15. The number of ketones is 1. The summed E-state index contributed by atoms with van der Waals surface area (Å²) < 4.78 is 7.16. The fourth-order valence-electron chi connectivity index (χ4n) is 4.14. The number of nitrogens with zero attached hydrogens (tertiary/aromatic N) is 1. The zero-order chi connectivity index (χ0) is 17.7. The third-order valence-corrected chi connectivity index (χ3v) is 5.73. The highest BCUT2D eigenvalue weighted by molar-refractivity contribution is 9.10. The number of hydrogen-bond acceptors (Lipinski definition) is 3. The molecule has 6 heteroatoms. The summed E-state index contributed by atoms with van der Waals surface area (Å²) in [5.41, 5.74) is -0.325. The van der Waals surface area contributed by atoms with Crippen molar-refractivity contribution in [3.05, 3.63) is 28.2 Å². The minimum absolute atomic E-state index is 0.0833. The van der Waals surface area contributed by atoms with Crippen molar-refractivity contribution in [2.24, 2.45) is 11.3 Å². The summed E-state index contributed by atoms with van der Waals surface area (Å²) in [6.07, 6.45) is 0.139. The number of benzene rings is 1. The van der Waals surface area contributed by atoms with E-state index in [1.165, 1.54) is 4.90 Å². The molecule has 2 aliphatic rings. The minimum Gasteiger partial charge on any atom is -0.486 e. The molecule has 1 saturated heterocycles. The van der Waals surface area contributed by atoms with Crippen LogP contribution < -0.4 is 4.74 Å². The van der Waals surface area contributed by atoms with E-state index in [0.717, 1.165) is 4.47 Å². The second-order valence-corrected chi connectivity index (χ2v) is 8.57. The Labute approximate surface area is 150 Å². The molecule has 24 heavy (non-hydrogen) atoms. The normalized spacial score (nSPS) is 22.9. The summed E-state index contributed by atoms with van der Waals surface area (Å²) in [6.45, 7) is 6.92. The Kier molecular flexibility index (Phi) is 4.14. The lowest BCUT2D eigenvalue weighted by Gasteiger charge is -2.52. The van der Waals surface area contributed by atoms with Gasteiger partial charge in [-0.05, 0) is 33.5 Å². The fraction of sp³-hybridized carbons (Fsp3) is 0.556. The molecule has 1 aromatic rings. The quantitative estimate of drug-likeness (QED) is 0.714. The van der Waals surface area contributed by atoms with Crippen LogP contribution in [0.5, 0.6) is 5.75 Å². The van der Waals surface area contributed by atoms with Crippen molar-refractivity contribution in [1.82, 2.24) is 4.90 Å². The van der Waals surface area contributed by atoms with Gasteiger partial charge < -0.3 is 14.7 Å². The molecule has 1 aromatic carbocycles. The van der Waals surface area contributed by atoms with E-state index in [9.17, 15) is 14.7 Å². The second-order valence-electron chi connectivity index (χ2n) is 7.71. The predicted octanol–water partition coefficient (Wildman–Crippen LogP) is 4.20. The lowest BCUT2D eigenvalue weighted by Crippen LogP contribution is -2.60. The van der Waals surface area contributed by atoms with E-state index in [2.05, 4.69) is 15.9 Å². The van der Waals surface area contributed by atoms with Crippen molar-refractivity contribution in [2.75, 3.05) is 13.1 Å². The van der Waals surface area contributed by atoms with Crippen LogP contribution in [-0.2, 0) is 0 Å². The summed E-state index contributed by atoms with van der Waals surface area (Å²) >= 11 is 3.47. The van der Waals surface area contributed by atoms with Gasteiger partial charge in [-0.2, -0.15) is 0 Å². The molecular weight excluding hydrogens is 374 g/mol. The Bertz CT molecular complexity index is 687. The smallest absolute Gasteiger partial charge is 0.407 e. The van der Waals surface area contributed by atoms with Gasteiger partial charge in [-0.25, -0.2) is 4.79 Å². The van der Waals surface area contributed by atoms with Crippen LogP contribution in [0.15, 0.2) is 22.7 Å². The number of amides is 1. The molecule has 1 unspecified atom stereocenters. The average Bonchev–Trinajstić information content (AvgIpc) is 2.45. The van der Waals surface area contributed by atoms with Gasteiger partial charge in [0, 0.05) is 30.4 Å². The largest absolute Gasteiger partial charge is 0.486 e. The van der Waals surface area contributed by atoms with Gasteiger partial charge in [-0.3, -0.25) is 4.79 Å². The van der Waals surface area contributed by atoms with Crippen molar-refractivity contribution in [3.63, 3.8) is 0 Å². The first kappa shape index (κ1) is 17.3. The number of fused-ring (bicyclic) bond motifs is 1. The SMILES string of the molecule is CC(C)(C)C1C(=O)c2c(Br)cccc2OC12CCN(C(=O)O)CC2. The van der Waals surface area contributed by atoms with Gasteiger partial charge in [0.25, 0.3) is 0 Å². The molecule has 0 aromatic heterocycles. The van der Waals surface area contributed by atoms with Crippen molar-refractivity contribution in [2.45, 2.75) is 39.2 Å². The summed E-state index contributed by atoms with van der Waals surface area (Å²) in [6, 6.07) is 5.53. The van der Waals surface area contributed by atoms with E-state index in [1.54, 1.807) is 0 Å². The molecule has 0 aliphatic carbocycles. The Morgan fingerprint density at radius 2 is 1.96 bits per heavy atom. The molecule has 1 fully saturated rings. The summed E-state index contributed by atoms with van der Waals surface area (Å²) in [4.78, 5) is 26.0. The molecule has 1 atom stereocenters. The second kappa shape index (κ2) is 5.76. The summed E-state index contributed by atoms with van der Waals surface area (Å²) in [5.74, 6) is 0.366. The lowest BCUT2D eigenvalue weighted by atomic mass is 9.62. The first-order chi connectivity index (χ1) is 11.2. The van der Waals surface area contributed by atoms with E-state index < -0.39 is 11.7 Å². The Hall–Kier alpha value is -1.56. The third kappa shape index (κ3) is 2.70. The molecule has 1 N–H and O–H groups in total. The zero-order valence-electron chi connectivity index (χ0n) is 14.1. The summed E-state index contributed by atoms with van der Waals surface area (Å²) in [5, 5.41) is 9.21. The number of piperidine rings is 1. The molecule has 5 nitrogen and oxygen atoms in total. The fourth-order valence-corrected chi connectivity index (χ4v) is 4.68. The van der Waals surface area contributed by atoms with Crippen LogP contribution in [0.2, 0.25) is 0 Å². The van der Waals surface area contributed by atoms with Gasteiger partial charge in [0.05, 0.1) is 11.5 Å². The molecule has 1 spiro atoms. The highest BCUT2D eigenvalue weighted by Crippen LogP contribution is 2.50. The number of rotatable bonds is 0. The maximum atomic E-state index is 13.3. The predicted molar refractivity (Wildman–Crippen MR) is 93.6 cm³/mol. The van der Waals surface area contributed by atoms with Crippen LogP contribution in [0.1, 0.15) is 44.0 Å². The van der Waals surface area contributed by atoms with Crippen LogP contribution >= 0.6 is 15.9 Å². The average molecular weight is 396 g/mol. The van der Waals surface area contributed by atoms with E-state index in [0.29, 0.717) is 37.2 Å². The number of likely N-dealkylation sites (tertiary alicyclic amines) is 1. The van der Waals surface area contributed by atoms with Gasteiger partial charge in [-0.1, -0.05) is 26.8 Å². The number of ether oxygens (including phenoxy) is 1. The molecule has 0 saturated carbocycles. The number of carbonyl (C=O) groups is 2. The Morgan fingerprint density at radius 1 is 1.33 bits per heavy atom. The molecule has 2 heterocycles. The van der Waals surface area contributed by atoms with Gasteiger partial charge >= 0.3 is 6.09 Å². The lowest BCUT2D eigenvalue weighted by molar-refractivity contribution is -0.0696. The Morgan fingerprint density at radius 3 is 2.50 bits per heavy atom. The molecule has 0 radical (unpaired) electrons. The van der Waals surface area contributed by atoms with Crippen LogP contribution in [0.4, 0.5) is 4.79 Å². The van der Waals surface area contributed by atoms with Crippen molar-refractivity contribution in [3.8, 4) is 5.75 Å². The van der Waals surface area contributed by atoms with E-state index in [4.69, 9.17) is 4.74 Å². The van der Waals surface area contributed by atoms with Crippen LogP contribution in [0.3, 0.4) is 0 Å². The number of Topliss-reactive ketones (excluding diaryl/α,β-unsaturated/α-hetero) is 1. The highest BCUT2D eigenvalue weighted by atomic mass is 79.9. The van der Waals surface area contributed by atoms with Crippen molar-refractivity contribution in [1.29, 1.82) is 0 Å². The van der Waals surface area contributed by atoms with E-state index >= 15 is 0 Å². The number of carbonyl (C=O) groups excluding carboxylic acids is 1. The maximum absolute atomic E-state index is 13.3. The standard InChI is InChI=1S/C18H22BrNO4/c1-17(2,3)15-14(21)13-11(19)5-4-6-12(13)24-18(15)7-9-20(10-8-18)16(22)23/h4-6,15H,7-10H2,1-3H3,(H,22,23). The van der Waals surface area contributed by atoms with Gasteiger partial charge in [0.15, 0.2) is 5.78 Å². The molecule has 2 aliphatic heterocycles. The Balaban J connectivity index is 2.05. The van der Waals surface area contributed by atoms with Crippen LogP contribution in [0.25, 0.3) is 0 Å². The number of hydrogen-bond donors (Lipinski definition) is 1. The third-order valence-electron chi connectivity index (χ3n) is 5.07. The van der Waals surface area contributed by atoms with Gasteiger partial charge in [0.1, 0.15) is 11.4 Å². The molecule has 3 rings (SSSR count). The topological polar surface area (TPSA) is 66.8 Å². The minimum atomic E-state index is -0.914. The number of halogens is 1. The molecule has 1 amide bonds. The van der Waals surface area contributed by atoms with E-state index in [-0.39, 0.29) is 17.1 Å². The van der Waals surface area contributed by atoms with Gasteiger partial charge in [-0.15, -0.1) is 0 Å². The summed E-state index contributed by atoms with van der Waals surface area (Å²) in [7, 11) is 0. The number of carboxylic acid groups (broad SMARTS) is 1. The van der Waals surface area contributed by atoms with Crippen LogP contribution in [0, 0.1) is 11.3 Å². The monoisotopic (exact) mass is 395 g/mol. The highest BCUT2D eigenvalue weighted by Gasteiger charge is 2.56. The van der Waals surface area contributed by atoms with E-state index in [1.807, 2.05) is 39.0 Å². The maximum Gasteiger partial charge on any atom is 0.407 e. The van der Waals surface area contributed by atoms with Crippen LogP contribution in [-0.4, -0.2) is 40.6 Å². The molecular formula is C18H22BrNO4. The molecule has 130 valence electrons. The van der Waals surface area contributed by atoms with Crippen molar-refractivity contribution < 1.29 is 19.4 Å². The zero-order valence-corrected chi connectivity index (χ0v) is 15.7. The van der Waals surface area contributed by atoms with Gasteiger partial charge in [0.2, 0.25) is 0 Å². The first-order valence-corrected chi connectivity index (χ1v) is 8.95. The molecule has 0 bridgehead atoms.